The van der Waals surface area contributed by atoms with Gasteiger partial charge in [-0.2, -0.15) is 18.3 Å². The number of halogens is 3. The number of anilines is 1. The lowest BCUT2D eigenvalue weighted by Gasteiger charge is -2.34. The second-order valence-corrected chi connectivity index (χ2v) is 6.25. The Morgan fingerprint density at radius 3 is 2.73 bits per heavy atom. The standard InChI is InChI=1S/C15H17F3N4/c16-15(17,18)11-2-1-6-21(9-11)14-13-8-12(10-3-4-10)20-22(13)7-5-19-14/h5,7-8,10-11H,1-4,6,9H2. The zero-order valence-corrected chi connectivity index (χ0v) is 12.1. The van der Waals surface area contributed by atoms with E-state index < -0.39 is 12.1 Å². The van der Waals surface area contributed by atoms with Gasteiger partial charge < -0.3 is 4.90 Å². The highest BCUT2D eigenvalue weighted by Gasteiger charge is 2.42. The molecule has 7 heteroatoms. The molecule has 0 N–H and O–H groups in total. The quantitative estimate of drug-likeness (QED) is 0.852. The minimum atomic E-state index is -4.14. The van der Waals surface area contributed by atoms with Gasteiger partial charge in [-0.05, 0) is 31.7 Å². The molecule has 118 valence electrons. The van der Waals surface area contributed by atoms with Gasteiger partial charge in [0.05, 0.1) is 11.6 Å². The molecule has 3 heterocycles. The second-order valence-electron chi connectivity index (χ2n) is 6.25. The predicted octanol–water partition coefficient (Wildman–Crippen LogP) is 3.39. The third-order valence-corrected chi connectivity index (χ3v) is 4.57. The molecule has 0 radical (unpaired) electrons. The summed E-state index contributed by atoms with van der Waals surface area (Å²) in [6, 6.07) is 1.98. The first-order valence-corrected chi connectivity index (χ1v) is 7.68. The van der Waals surface area contributed by atoms with Gasteiger partial charge in [0.15, 0.2) is 5.82 Å². The number of piperidine rings is 1. The topological polar surface area (TPSA) is 33.4 Å². The summed E-state index contributed by atoms with van der Waals surface area (Å²) in [5, 5.41) is 4.53. The number of rotatable bonds is 2. The van der Waals surface area contributed by atoms with Crippen LogP contribution < -0.4 is 4.90 Å². The van der Waals surface area contributed by atoms with Crippen LogP contribution in [0.25, 0.3) is 5.52 Å². The highest BCUT2D eigenvalue weighted by Crippen LogP contribution is 2.40. The van der Waals surface area contributed by atoms with Crippen molar-refractivity contribution in [2.75, 3.05) is 18.0 Å². The van der Waals surface area contributed by atoms with Crippen LogP contribution in [0.2, 0.25) is 0 Å². The number of aromatic nitrogens is 3. The van der Waals surface area contributed by atoms with Crippen molar-refractivity contribution in [2.45, 2.75) is 37.8 Å². The van der Waals surface area contributed by atoms with E-state index in [2.05, 4.69) is 10.1 Å². The molecule has 4 nitrogen and oxygen atoms in total. The summed E-state index contributed by atoms with van der Waals surface area (Å²) in [6.07, 6.45) is 2.27. The van der Waals surface area contributed by atoms with Gasteiger partial charge in [-0.1, -0.05) is 0 Å². The van der Waals surface area contributed by atoms with E-state index in [1.165, 1.54) is 0 Å². The molecule has 0 spiro atoms. The van der Waals surface area contributed by atoms with Gasteiger partial charge in [0.1, 0.15) is 5.52 Å². The maximum absolute atomic E-state index is 13.0. The molecule has 22 heavy (non-hydrogen) atoms. The largest absolute Gasteiger partial charge is 0.393 e. The smallest absolute Gasteiger partial charge is 0.354 e. The minimum Gasteiger partial charge on any atom is -0.354 e. The van der Waals surface area contributed by atoms with E-state index >= 15 is 0 Å². The summed E-state index contributed by atoms with van der Waals surface area (Å²) in [5.41, 5.74) is 1.84. The van der Waals surface area contributed by atoms with E-state index in [9.17, 15) is 13.2 Å². The maximum atomic E-state index is 13.0. The van der Waals surface area contributed by atoms with Crippen LogP contribution in [0.4, 0.5) is 19.0 Å². The molecule has 1 saturated heterocycles. The van der Waals surface area contributed by atoms with Crippen LogP contribution in [-0.4, -0.2) is 33.9 Å². The summed E-state index contributed by atoms with van der Waals surface area (Å²) in [4.78, 5) is 6.10. The van der Waals surface area contributed by atoms with Crippen LogP contribution in [0.5, 0.6) is 0 Å². The van der Waals surface area contributed by atoms with Crippen molar-refractivity contribution in [3.8, 4) is 0 Å². The molecular weight excluding hydrogens is 293 g/mol. The number of hydrogen-bond donors (Lipinski definition) is 0. The predicted molar refractivity (Wildman–Crippen MR) is 76.0 cm³/mol. The normalized spacial score (nSPS) is 23.2. The minimum absolute atomic E-state index is 0.0138. The molecular formula is C15H17F3N4. The van der Waals surface area contributed by atoms with E-state index in [1.807, 2.05) is 6.07 Å². The Bertz CT molecular complexity index is 690. The first-order chi connectivity index (χ1) is 10.5. The molecule has 1 unspecified atom stereocenters. The van der Waals surface area contributed by atoms with E-state index in [4.69, 9.17) is 0 Å². The Balaban J connectivity index is 1.67. The Labute approximate surface area is 125 Å². The summed E-state index contributed by atoms with van der Waals surface area (Å²) in [7, 11) is 0. The van der Waals surface area contributed by atoms with Crippen molar-refractivity contribution in [1.82, 2.24) is 14.6 Å². The Morgan fingerprint density at radius 2 is 2.00 bits per heavy atom. The summed E-state index contributed by atoms with van der Waals surface area (Å²) in [5.74, 6) is -0.137. The molecule has 0 amide bonds. The average molecular weight is 310 g/mol. The molecule has 2 aromatic heterocycles. The lowest BCUT2D eigenvalue weighted by atomic mass is 9.97. The maximum Gasteiger partial charge on any atom is 0.393 e. The van der Waals surface area contributed by atoms with Crippen LogP contribution in [-0.2, 0) is 0 Å². The Hall–Kier alpha value is -1.79. The number of fused-ring (bicyclic) bond motifs is 1. The Kier molecular flexibility index (Phi) is 3.06. The van der Waals surface area contributed by atoms with E-state index in [1.54, 1.807) is 21.8 Å². The molecule has 1 aliphatic carbocycles. The monoisotopic (exact) mass is 310 g/mol. The molecule has 4 rings (SSSR count). The highest BCUT2D eigenvalue weighted by molar-refractivity contribution is 5.69. The number of hydrogen-bond acceptors (Lipinski definition) is 3. The lowest BCUT2D eigenvalue weighted by molar-refractivity contribution is -0.176. The molecule has 1 aliphatic heterocycles. The molecule has 1 atom stereocenters. The SMILES string of the molecule is FC(F)(F)C1CCCN(c2nccn3nc(C4CC4)cc23)C1. The first-order valence-electron chi connectivity index (χ1n) is 7.68. The zero-order chi connectivity index (χ0) is 15.3. The van der Waals surface area contributed by atoms with Crippen LogP contribution >= 0.6 is 0 Å². The summed E-state index contributed by atoms with van der Waals surface area (Å²) in [6.45, 7) is 0.601. The van der Waals surface area contributed by atoms with E-state index in [-0.39, 0.29) is 13.0 Å². The van der Waals surface area contributed by atoms with Crippen molar-refractivity contribution in [2.24, 2.45) is 5.92 Å². The van der Waals surface area contributed by atoms with Gasteiger partial charge in [-0.3, -0.25) is 0 Å². The van der Waals surface area contributed by atoms with Crippen LogP contribution in [0.15, 0.2) is 18.5 Å². The third kappa shape index (κ3) is 2.42. The van der Waals surface area contributed by atoms with Gasteiger partial charge in [-0.15, -0.1) is 0 Å². The van der Waals surface area contributed by atoms with Crippen molar-refractivity contribution in [3.63, 3.8) is 0 Å². The lowest BCUT2D eigenvalue weighted by Crippen LogP contribution is -2.42. The third-order valence-electron chi connectivity index (χ3n) is 4.57. The average Bonchev–Trinajstić information content (AvgIpc) is 3.25. The second kappa shape index (κ2) is 4.86. The van der Waals surface area contributed by atoms with Crippen LogP contribution in [0, 0.1) is 5.92 Å². The highest BCUT2D eigenvalue weighted by atomic mass is 19.4. The molecule has 1 saturated carbocycles. The van der Waals surface area contributed by atoms with Gasteiger partial charge >= 0.3 is 6.18 Å². The van der Waals surface area contributed by atoms with Gasteiger partial charge in [-0.25, -0.2) is 9.50 Å². The van der Waals surface area contributed by atoms with Crippen LogP contribution in [0.1, 0.15) is 37.3 Å². The van der Waals surface area contributed by atoms with Crippen molar-refractivity contribution >= 4 is 11.3 Å². The van der Waals surface area contributed by atoms with Gasteiger partial charge in [0.25, 0.3) is 0 Å². The molecule has 0 bridgehead atoms. The fourth-order valence-corrected chi connectivity index (χ4v) is 3.19. The molecule has 2 fully saturated rings. The first kappa shape index (κ1) is 13.8. The van der Waals surface area contributed by atoms with Crippen LogP contribution in [0.3, 0.4) is 0 Å². The fourth-order valence-electron chi connectivity index (χ4n) is 3.19. The van der Waals surface area contributed by atoms with E-state index in [0.717, 1.165) is 24.1 Å². The van der Waals surface area contributed by atoms with Gasteiger partial charge in [0.2, 0.25) is 0 Å². The Morgan fingerprint density at radius 1 is 1.18 bits per heavy atom. The number of nitrogens with zero attached hydrogens (tertiary/aromatic N) is 4. The fraction of sp³-hybridized carbons (Fsp3) is 0.600. The summed E-state index contributed by atoms with van der Waals surface area (Å²) >= 11 is 0. The molecule has 2 aromatic rings. The van der Waals surface area contributed by atoms with Crippen molar-refractivity contribution in [1.29, 1.82) is 0 Å². The molecule has 0 aromatic carbocycles. The van der Waals surface area contributed by atoms with Gasteiger partial charge in [0, 0.05) is 31.4 Å². The summed E-state index contributed by atoms with van der Waals surface area (Å²) < 4.78 is 40.7. The number of alkyl halides is 3. The van der Waals surface area contributed by atoms with Crippen molar-refractivity contribution < 1.29 is 13.2 Å². The zero-order valence-electron chi connectivity index (χ0n) is 12.1. The molecule has 2 aliphatic rings. The van der Waals surface area contributed by atoms with Crippen molar-refractivity contribution in [3.05, 3.63) is 24.2 Å². The van der Waals surface area contributed by atoms with E-state index in [0.29, 0.717) is 24.7 Å².